The van der Waals surface area contributed by atoms with E-state index >= 15 is 0 Å². The summed E-state index contributed by atoms with van der Waals surface area (Å²) in [6, 6.07) is 0. The van der Waals surface area contributed by atoms with E-state index in [4.69, 9.17) is 4.74 Å². The number of aliphatic imine (C=N–C) groups is 1. The molecule has 1 amide bonds. The molecule has 0 aromatic rings. The molecule has 1 aliphatic rings. The van der Waals surface area contributed by atoms with Crippen LogP contribution < -0.4 is 10.6 Å². The van der Waals surface area contributed by atoms with Crippen LogP contribution in [0.4, 0.5) is 0 Å². The zero-order valence-corrected chi connectivity index (χ0v) is 14.1. The van der Waals surface area contributed by atoms with Crippen molar-refractivity contribution in [2.45, 2.75) is 19.8 Å². The van der Waals surface area contributed by atoms with E-state index in [0.29, 0.717) is 13.2 Å². The van der Waals surface area contributed by atoms with Crippen LogP contribution in [0, 0.1) is 0 Å². The lowest BCUT2D eigenvalue weighted by atomic mass is 10.4. The summed E-state index contributed by atoms with van der Waals surface area (Å²) in [7, 11) is 1.61. The third-order valence-corrected chi connectivity index (χ3v) is 2.74. The van der Waals surface area contributed by atoms with Crippen molar-refractivity contribution >= 4 is 35.8 Å². The summed E-state index contributed by atoms with van der Waals surface area (Å²) in [5, 5.41) is 5.97. The highest BCUT2D eigenvalue weighted by atomic mass is 127. The Morgan fingerprint density at radius 2 is 2.00 bits per heavy atom. The summed E-state index contributed by atoms with van der Waals surface area (Å²) in [5.74, 6) is 0.776. The Bertz CT molecular complexity index is 281. The Balaban J connectivity index is 0.00000324. The highest BCUT2D eigenvalue weighted by molar-refractivity contribution is 14.0. The second kappa shape index (κ2) is 11.3. The molecule has 0 saturated carbocycles. The summed E-state index contributed by atoms with van der Waals surface area (Å²) in [4.78, 5) is 18.1. The number of nitrogens with zero attached hydrogens (tertiary/aromatic N) is 2. The smallest absolute Gasteiger partial charge is 0.241 e. The standard InChI is InChI=1S/C12H24N4O2.HI/c1-3-13-12(16-7-4-5-8-16)15-10-11(17)14-6-9-18-2;/h3-10H2,1-2H3,(H,13,15)(H,14,17);1H. The fourth-order valence-electron chi connectivity index (χ4n) is 1.85. The van der Waals surface area contributed by atoms with Crippen LogP contribution in [0.1, 0.15) is 19.8 Å². The van der Waals surface area contributed by atoms with Crippen LogP contribution in [-0.4, -0.2) is 63.2 Å². The molecule has 6 nitrogen and oxygen atoms in total. The third-order valence-electron chi connectivity index (χ3n) is 2.74. The van der Waals surface area contributed by atoms with Crippen molar-refractivity contribution in [1.82, 2.24) is 15.5 Å². The number of methoxy groups -OCH3 is 1. The van der Waals surface area contributed by atoms with E-state index in [1.807, 2.05) is 6.92 Å². The fourth-order valence-corrected chi connectivity index (χ4v) is 1.85. The van der Waals surface area contributed by atoms with Gasteiger partial charge in [0.15, 0.2) is 5.96 Å². The Labute approximate surface area is 132 Å². The van der Waals surface area contributed by atoms with Crippen LogP contribution in [-0.2, 0) is 9.53 Å². The van der Waals surface area contributed by atoms with E-state index in [0.717, 1.165) is 25.6 Å². The Hall–Kier alpha value is -0.570. The Morgan fingerprint density at radius 1 is 1.32 bits per heavy atom. The zero-order valence-electron chi connectivity index (χ0n) is 11.8. The molecule has 0 bridgehead atoms. The zero-order chi connectivity index (χ0) is 13.2. The molecule has 1 fully saturated rings. The van der Waals surface area contributed by atoms with Crippen LogP contribution in [0.3, 0.4) is 0 Å². The largest absolute Gasteiger partial charge is 0.383 e. The van der Waals surface area contributed by atoms with Gasteiger partial charge in [0.25, 0.3) is 0 Å². The molecule has 0 aromatic heterocycles. The van der Waals surface area contributed by atoms with E-state index in [1.54, 1.807) is 7.11 Å². The van der Waals surface area contributed by atoms with Crippen molar-refractivity contribution in [2.24, 2.45) is 4.99 Å². The maximum atomic E-state index is 11.5. The Morgan fingerprint density at radius 3 is 2.58 bits per heavy atom. The van der Waals surface area contributed by atoms with Crippen LogP contribution in [0.25, 0.3) is 0 Å². The maximum absolute atomic E-state index is 11.5. The van der Waals surface area contributed by atoms with Gasteiger partial charge in [0, 0.05) is 33.3 Å². The molecule has 0 aliphatic carbocycles. The average molecular weight is 384 g/mol. The minimum Gasteiger partial charge on any atom is -0.383 e. The third kappa shape index (κ3) is 7.56. The molecule has 0 spiro atoms. The number of nitrogens with one attached hydrogen (secondary N) is 2. The second-order valence-electron chi connectivity index (χ2n) is 4.21. The van der Waals surface area contributed by atoms with E-state index in [2.05, 4.69) is 20.5 Å². The number of rotatable bonds is 6. The number of halogens is 1. The maximum Gasteiger partial charge on any atom is 0.241 e. The molecular formula is C12H25IN4O2. The molecule has 2 N–H and O–H groups in total. The molecule has 7 heteroatoms. The van der Waals surface area contributed by atoms with Crippen molar-refractivity contribution in [3.05, 3.63) is 0 Å². The van der Waals surface area contributed by atoms with Gasteiger partial charge in [0.05, 0.1) is 6.61 Å². The molecule has 1 aliphatic heterocycles. The van der Waals surface area contributed by atoms with E-state index in [9.17, 15) is 4.79 Å². The predicted molar refractivity (Wildman–Crippen MR) is 87.1 cm³/mol. The molecule has 0 radical (unpaired) electrons. The molecule has 0 atom stereocenters. The molecule has 1 heterocycles. The van der Waals surface area contributed by atoms with Gasteiger partial charge in [0.2, 0.25) is 5.91 Å². The first-order valence-electron chi connectivity index (χ1n) is 6.56. The first-order chi connectivity index (χ1) is 8.77. The van der Waals surface area contributed by atoms with Crippen LogP contribution >= 0.6 is 24.0 Å². The fraction of sp³-hybridized carbons (Fsp3) is 0.833. The SMILES string of the molecule is CCNC(=NCC(=O)NCCOC)N1CCCC1.I. The normalized spacial score (nSPS) is 15.1. The van der Waals surface area contributed by atoms with E-state index < -0.39 is 0 Å². The quantitative estimate of drug-likeness (QED) is 0.302. The predicted octanol–water partition coefficient (Wildman–Crippen LogP) is 0.428. The van der Waals surface area contributed by atoms with Gasteiger partial charge in [-0.15, -0.1) is 24.0 Å². The van der Waals surface area contributed by atoms with Gasteiger partial charge < -0.3 is 20.3 Å². The number of likely N-dealkylation sites (tertiary alicyclic amines) is 1. The second-order valence-corrected chi connectivity index (χ2v) is 4.21. The number of hydrogen-bond acceptors (Lipinski definition) is 3. The van der Waals surface area contributed by atoms with Gasteiger partial charge in [-0.2, -0.15) is 0 Å². The van der Waals surface area contributed by atoms with Gasteiger partial charge in [0.1, 0.15) is 6.54 Å². The minimum absolute atomic E-state index is 0. The molecular weight excluding hydrogens is 359 g/mol. The first-order valence-corrected chi connectivity index (χ1v) is 6.56. The van der Waals surface area contributed by atoms with Crippen LogP contribution in [0.15, 0.2) is 4.99 Å². The van der Waals surface area contributed by atoms with Crippen molar-refractivity contribution in [2.75, 3.05) is 46.4 Å². The van der Waals surface area contributed by atoms with Crippen LogP contribution in [0.2, 0.25) is 0 Å². The monoisotopic (exact) mass is 384 g/mol. The van der Waals surface area contributed by atoms with Crippen molar-refractivity contribution in [3.63, 3.8) is 0 Å². The summed E-state index contributed by atoms with van der Waals surface area (Å²) in [5.41, 5.74) is 0. The molecule has 19 heavy (non-hydrogen) atoms. The van der Waals surface area contributed by atoms with Gasteiger partial charge in [-0.05, 0) is 19.8 Å². The van der Waals surface area contributed by atoms with Crippen molar-refractivity contribution < 1.29 is 9.53 Å². The summed E-state index contributed by atoms with van der Waals surface area (Å²) < 4.78 is 4.87. The lowest BCUT2D eigenvalue weighted by Gasteiger charge is -2.20. The molecule has 1 rings (SSSR count). The molecule has 1 saturated heterocycles. The average Bonchev–Trinajstić information content (AvgIpc) is 2.88. The molecule has 0 unspecified atom stereocenters. The van der Waals surface area contributed by atoms with Gasteiger partial charge in [-0.3, -0.25) is 4.79 Å². The highest BCUT2D eigenvalue weighted by Gasteiger charge is 2.15. The van der Waals surface area contributed by atoms with Gasteiger partial charge in [-0.25, -0.2) is 4.99 Å². The number of guanidine groups is 1. The number of hydrogen-bond donors (Lipinski definition) is 2. The summed E-state index contributed by atoms with van der Waals surface area (Å²) >= 11 is 0. The number of ether oxygens (including phenoxy) is 1. The molecule has 112 valence electrons. The van der Waals surface area contributed by atoms with Gasteiger partial charge in [-0.1, -0.05) is 0 Å². The van der Waals surface area contributed by atoms with Crippen molar-refractivity contribution in [1.29, 1.82) is 0 Å². The Kier molecular flexibility index (Phi) is 10.9. The molecule has 0 aromatic carbocycles. The van der Waals surface area contributed by atoms with Crippen LogP contribution in [0.5, 0.6) is 0 Å². The van der Waals surface area contributed by atoms with Crippen molar-refractivity contribution in [3.8, 4) is 0 Å². The highest BCUT2D eigenvalue weighted by Crippen LogP contribution is 2.07. The van der Waals surface area contributed by atoms with E-state index in [1.165, 1.54) is 12.8 Å². The topological polar surface area (TPSA) is 66.0 Å². The van der Waals surface area contributed by atoms with E-state index in [-0.39, 0.29) is 36.4 Å². The summed E-state index contributed by atoms with van der Waals surface area (Å²) in [6.07, 6.45) is 2.40. The lowest BCUT2D eigenvalue weighted by molar-refractivity contribution is -0.119. The number of carbonyl (C=O) groups excluding carboxylic acids is 1. The lowest BCUT2D eigenvalue weighted by Crippen LogP contribution is -2.40. The number of amides is 1. The number of carbonyl (C=O) groups is 1. The summed E-state index contributed by atoms with van der Waals surface area (Å²) in [6.45, 7) is 6.13. The minimum atomic E-state index is -0.0679. The first kappa shape index (κ1) is 18.4. The van der Waals surface area contributed by atoms with Gasteiger partial charge >= 0.3 is 0 Å².